The fraction of sp³-hybridized carbons (Fsp3) is 0.417. The molecular weight excluding hydrogens is 378 g/mol. The molecule has 1 saturated heterocycles. The molecular formula is C24H25N3O3. The van der Waals surface area contributed by atoms with Gasteiger partial charge < -0.3 is 19.9 Å². The number of benzene rings is 1. The van der Waals surface area contributed by atoms with E-state index in [2.05, 4.69) is 43.0 Å². The highest BCUT2D eigenvalue weighted by Gasteiger charge is 2.63. The van der Waals surface area contributed by atoms with E-state index in [1.165, 1.54) is 0 Å². The van der Waals surface area contributed by atoms with Crippen LogP contribution >= 0.6 is 0 Å². The third-order valence-corrected chi connectivity index (χ3v) is 6.31. The van der Waals surface area contributed by atoms with Crippen molar-refractivity contribution in [2.24, 2.45) is 27.1 Å². The van der Waals surface area contributed by atoms with Gasteiger partial charge >= 0.3 is 0 Å². The molecule has 154 valence electrons. The van der Waals surface area contributed by atoms with Crippen LogP contribution in [0.5, 0.6) is 5.75 Å². The summed E-state index contributed by atoms with van der Waals surface area (Å²) in [5.41, 5.74) is 8.78. The molecule has 1 aromatic rings. The molecule has 1 aromatic carbocycles. The molecule has 4 aliphatic rings. The molecule has 0 aromatic heterocycles. The van der Waals surface area contributed by atoms with Gasteiger partial charge in [0, 0.05) is 11.1 Å². The van der Waals surface area contributed by atoms with Crippen LogP contribution in [0.4, 0.5) is 0 Å². The van der Waals surface area contributed by atoms with Crippen LogP contribution < -0.4 is 10.5 Å². The summed E-state index contributed by atoms with van der Waals surface area (Å²) in [6.07, 6.45) is 7.27. The first-order chi connectivity index (χ1) is 14.6. The lowest BCUT2D eigenvalue weighted by Crippen LogP contribution is -2.63. The molecule has 5 rings (SSSR count). The van der Waals surface area contributed by atoms with Gasteiger partial charge in [0.05, 0.1) is 24.3 Å². The Bertz CT molecular complexity index is 1070. The summed E-state index contributed by atoms with van der Waals surface area (Å²) < 4.78 is 17.4. The lowest BCUT2D eigenvalue weighted by Gasteiger charge is -2.53. The maximum absolute atomic E-state index is 6.14. The highest BCUT2D eigenvalue weighted by Crippen LogP contribution is 2.56. The van der Waals surface area contributed by atoms with Crippen molar-refractivity contribution in [1.29, 1.82) is 0 Å². The van der Waals surface area contributed by atoms with Gasteiger partial charge in [-0.1, -0.05) is 25.0 Å². The molecule has 2 N–H and O–H groups in total. The number of allylic oxidation sites excluding steroid dienone is 3. The first kappa shape index (κ1) is 19.0. The van der Waals surface area contributed by atoms with Crippen molar-refractivity contribution in [3.63, 3.8) is 0 Å². The average Bonchev–Trinajstić information content (AvgIpc) is 3.07. The van der Waals surface area contributed by atoms with Gasteiger partial charge in [-0.15, -0.1) is 0 Å². The third kappa shape index (κ3) is 2.85. The van der Waals surface area contributed by atoms with Crippen LogP contribution in [0.15, 0.2) is 46.4 Å². The zero-order chi connectivity index (χ0) is 20.8. The fourth-order valence-corrected chi connectivity index (χ4v) is 4.57. The summed E-state index contributed by atoms with van der Waals surface area (Å²) in [5.74, 6) is 7.22. The Labute approximate surface area is 176 Å². The SMILES string of the molecule is CC#CC1=NC(c2ccc3c(c2)C2(COC(N)=N2)C2(COC2)CO3)=CC(C)CC=C1. The Hall–Kier alpha value is -3.04. The van der Waals surface area contributed by atoms with Gasteiger partial charge in [-0.05, 0) is 49.5 Å². The van der Waals surface area contributed by atoms with Crippen LogP contribution in [-0.4, -0.2) is 38.2 Å². The van der Waals surface area contributed by atoms with E-state index in [9.17, 15) is 0 Å². The predicted octanol–water partition coefficient (Wildman–Crippen LogP) is 3.04. The number of nitrogens with two attached hydrogens (primary N) is 1. The number of amidine groups is 1. The van der Waals surface area contributed by atoms with Crippen LogP contribution in [0.2, 0.25) is 0 Å². The van der Waals surface area contributed by atoms with E-state index in [1.54, 1.807) is 0 Å². The standard InChI is InChI=1S/C24H25N3O3/c1-3-5-18-7-4-6-16(2)10-20(26-18)17-8-9-21-19(11-17)24(15-30-22(25)27-24)23(14-29-21)12-28-13-23/h4,7-11,16H,6,12-15H2,1-2H3,(H2,25,27). The largest absolute Gasteiger partial charge is 0.492 e. The molecule has 2 atom stereocenters. The molecule has 4 aliphatic heterocycles. The van der Waals surface area contributed by atoms with Gasteiger partial charge in [0.25, 0.3) is 6.02 Å². The molecule has 0 aliphatic carbocycles. The van der Waals surface area contributed by atoms with E-state index in [4.69, 9.17) is 29.9 Å². The lowest BCUT2D eigenvalue weighted by atomic mass is 9.64. The molecule has 0 bridgehead atoms. The Balaban J connectivity index is 1.65. The van der Waals surface area contributed by atoms with E-state index in [1.807, 2.05) is 19.1 Å². The zero-order valence-corrected chi connectivity index (χ0v) is 17.3. The summed E-state index contributed by atoms with van der Waals surface area (Å²) in [4.78, 5) is 9.65. The molecule has 4 heterocycles. The average molecular weight is 403 g/mol. The molecule has 6 nitrogen and oxygen atoms in total. The van der Waals surface area contributed by atoms with Gasteiger partial charge in [-0.25, -0.2) is 9.98 Å². The predicted molar refractivity (Wildman–Crippen MR) is 116 cm³/mol. The summed E-state index contributed by atoms with van der Waals surface area (Å²) in [5, 5.41) is 0. The Morgan fingerprint density at radius 3 is 2.73 bits per heavy atom. The summed E-state index contributed by atoms with van der Waals surface area (Å²) in [7, 11) is 0. The number of rotatable bonds is 1. The van der Waals surface area contributed by atoms with Crippen LogP contribution in [0.1, 0.15) is 31.4 Å². The van der Waals surface area contributed by atoms with Crippen LogP contribution in [0, 0.1) is 23.2 Å². The number of nitrogens with zero attached hydrogens (tertiary/aromatic N) is 2. The van der Waals surface area contributed by atoms with E-state index in [0.717, 1.165) is 34.7 Å². The van der Waals surface area contributed by atoms with Crippen molar-refractivity contribution in [2.75, 3.05) is 26.4 Å². The number of hydrogen-bond acceptors (Lipinski definition) is 6. The molecule has 30 heavy (non-hydrogen) atoms. The normalized spacial score (nSPS) is 28.5. The fourth-order valence-electron chi connectivity index (χ4n) is 4.57. The topological polar surface area (TPSA) is 78.4 Å². The van der Waals surface area contributed by atoms with Gasteiger partial charge in [-0.3, -0.25) is 0 Å². The molecule has 2 spiro atoms. The zero-order valence-electron chi connectivity index (χ0n) is 17.3. The summed E-state index contributed by atoms with van der Waals surface area (Å²) in [6.45, 7) is 6.11. The minimum Gasteiger partial charge on any atom is -0.492 e. The van der Waals surface area contributed by atoms with Crippen LogP contribution in [-0.2, 0) is 15.0 Å². The van der Waals surface area contributed by atoms with Crippen molar-refractivity contribution < 1.29 is 14.2 Å². The maximum Gasteiger partial charge on any atom is 0.283 e. The van der Waals surface area contributed by atoms with Crippen LogP contribution in [0.25, 0.3) is 5.70 Å². The minimum absolute atomic E-state index is 0.224. The van der Waals surface area contributed by atoms with E-state index >= 15 is 0 Å². The minimum atomic E-state index is -0.595. The molecule has 1 fully saturated rings. The Morgan fingerprint density at radius 1 is 1.17 bits per heavy atom. The van der Waals surface area contributed by atoms with E-state index in [0.29, 0.717) is 32.3 Å². The second-order valence-corrected chi connectivity index (χ2v) is 8.41. The summed E-state index contributed by atoms with van der Waals surface area (Å²) >= 11 is 0. The Kier molecular flexibility index (Phi) is 4.44. The third-order valence-electron chi connectivity index (χ3n) is 6.31. The lowest BCUT2D eigenvalue weighted by molar-refractivity contribution is -0.185. The van der Waals surface area contributed by atoms with Crippen molar-refractivity contribution >= 4 is 17.4 Å². The van der Waals surface area contributed by atoms with Crippen molar-refractivity contribution in [1.82, 2.24) is 0 Å². The second kappa shape index (κ2) is 7.03. The first-order valence-corrected chi connectivity index (χ1v) is 10.3. The first-order valence-electron chi connectivity index (χ1n) is 10.3. The molecule has 0 amide bonds. The van der Waals surface area contributed by atoms with Crippen LogP contribution in [0.3, 0.4) is 0 Å². The number of fused-ring (bicyclic) bond motifs is 3. The molecule has 0 saturated carbocycles. The van der Waals surface area contributed by atoms with Crippen molar-refractivity contribution in [3.8, 4) is 17.6 Å². The molecule has 6 heteroatoms. The van der Waals surface area contributed by atoms with Crippen molar-refractivity contribution in [2.45, 2.75) is 25.8 Å². The van der Waals surface area contributed by atoms with Gasteiger partial charge in [0.1, 0.15) is 30.2 Å². The van der Waals surface area contributed by atoms with Gasteiger partial charge in [0.2, 0.25) is 0 Å². The quantitative estimate of drug-likeness (QED) is 0.731. The summed E-state index contributed by atoms with van der Waals surface area (Å²) in [6, 6.07) is 6.41. The highest BCUT2D eigenvalue weighted by molar-refractivity contribution is 6.11. The number of aliphatic imine (C=N–C) groups is 2. The monoisotopic (exact) mass is 403 g/mol. The second-order valence-electron chi connectivity index (χ2n) is 8.41. The Morgan fingerprint density at radius 2 is 2.03 bits per heavy atom. The van der Waals surface area contributed by atoms with Crippen molar-refractivity contribution in [3.05, 3.63) is 47.6 Å². The van der Waals surface area contributed by atoms with E-state index < -0.39 is 5.54 Å². The molecule has 2 unspecified atom stereocenters. The maximum atomic E-state index is 6.14. The van der Waals surface area contributed by atoms with Gasteiger partial charge in [0.15, 0.2) is 0 Å². The number of ether oxygens (including phenoxy) is 3. The van der Waals surface area contributed by atoms with E-state index in [-0.39, 0.29) is 11.4 Å². The highest BCUT2D eigenvalue weighted by atomic mass is 16.5. The smallest absolute Gasteiger partial charge is 0.283 e. The number of hydrogen-bond donors (Lipinski definition) is 1. The van der Waals surface area contributed by atoms with Gasteiger partial charge in [-0.2, -0.15) is 0 Å². The molecule has 0 radical (unpaired) electrons.